The summed E-state index contributed by atoms with van der Waals surface area (Å²) in [4.78, 5) is 0. The van der Waals surface area contributed by atoms with E-state index in [1.165, 1.54) is 12.1 Å². The lowest BCUT2D eigenvalue weighted by molar-refractivity contribution is -0.137. The monoisotopic (exact) mass is 253 g/mol. The summed E-state index contributed by atoms with van der Waals surface area (Å²) in [5, 5.41) is 0. The van der Waals surface area contributed by atoms with Gasteiger partial charge in [0.25, 0.3) is 0 Å². The van der Waals surface area contributed by atoms with Crippen LogP contribution in [0.4, 0.5) is 13.2 Å². The summed E-state index contributed by atoms with van der Waals surface area (Å²) in [7, 11) is 0. The smallest absolute Gasteiger partial charge is 0.345 e. The predicted octanol–water partition coefficient (Wildman–Crippen LogP) is 4.17. The molecule has 0 radical (unpaired) electrons. The van der Waals surface area contributed by atoms with Crippen LogP contribution in [-0.2, 0) is 12.7 Å². The summed E-state index contributed by atoms with van der Waals surface area (Å²) in [6.07, 6.45) is -4.27. The highest BCUT2D eigenvalue weighted by Gasteiger charge is 2.29. The molecule has 0 saturated carbocycles. The van der Waals surface area contributed by atoms with Crippen molar-refractivity contribution in [2.45, 2.75) is 26.6 Å². The minimum Gasteiger partial charge on any atom is -0.345 e. The second-order valence-electron chi connectivity index (χ2n) is 4.40. The molecule has 1 heterocycles. The fraction of sp³-hybridized carbons (Fsp3) is 0.286. The van der Waals surface area contributed by atoms with Gasteiger partial charge in [0.1, 0.15) is 0 Å². The Hall–Kier alpha value is -1.71. The van der Waals surface area contributed by atoms with Crippen LogP contribution in [-0.4, -0.2) is 4.57 Å². The summed E-state index contributed by atoms with van der Waals surface area (Å²) in [6, 6.07) is 9.31. The molecular formula is C14H14F3N. The second-order valence-corrected chi connectivity index (χ2v) is 4.40. The maximum absolute atomic E-state index is 12.4. The number of aryl methyl sites for hydroxylation is 2. The van der Waals surface area contributed by atoms with Crippen LogP contribution in [0.25, 0.3) is 0 Å². The average Bonchev–Trinajstić information content (AvgIpc) is 2.60. The molecule has 1 aromatic carbocycles. The molecule has 1 nitrogen and oxygen atoms in total. The van der Waals surface area contributed by atoms with Crippen LogP contribution < -0.4 is 0 Å². The lowest BCUT2D eigenvalue weighted by atomic mass is 10.1. The van der Waals surface area contributed by atoms with Gasteiger partial charge in [-0.3, -0.25) is 0 Å². The summed E-state index contributed by atoms with van der Waals surface area (Å²) in [5.41, 5.74) is 2.47. The number of hydrogen-bond acceptors (Lipinski definition) is 0. The van der Waals surface area contributed by atoms with Gasteiger partial charge in [0, 0.05) is 17.9 Å². The fourth-order valence-corrected chi connectivity index (χ4v) is 1.93. The van der Waals surface area contributed by atoms with E-state index in [1.54, 1.807) is 0 Å². The number of alkyl halides is 3. The van der Waals surface area contributed by atoms with E-state index in [4.69, 9.17) is 0 Å². The van der Waals surface area contributed by atoms with E-state index in [0.29, 0.717) is 6.54 Å². The Bertz CT molecular complexity index is 516. The maximum Gasteiger partial charge on any atom is 0.416 e. The second kappa shape index (κ2) is 4.52. The van der Waals surface area contributed by atoms with E-state index < -0.39 is 11.7 Å². The SMILES string of the molecule is Cc1ccc(C)n1Cc1ccc(C(F)(F)F)cc1. The zero-order chi connectivity index (χ0) is 13.3. The molecule has 1 aromatic heterocycles. The van der Waals surface area contributed by atoms with Crippen molar-refractivity contribution < 1.29 is 13.2 Å². The molecule has 96 valence electrons. The zero-order valence-corrected chi connectivity index (χ0v) is 10.3. The van der Waals surface area contributed by atoms with Gasteiger partial charge < -0.3 is 4.57 Å². The Morgan fingerprint density at radius 3 is 1.83 bits per heavy atom. The van der Waals surface area contributed by atoms with Crippen LogP contribution in [0, 0.1) is 13.8 Å². The molecule has 2 aromatic rings. The highest BCUT2D eigenvalue weighted by Crippen LogP contribution is 2.29. The Labute approximate surface area is 104 Å². The quantitative estimate of drug-likeness (QED) is 0.757. The van der Waals surface area contributed by atoms with Gasteiger partial charge in [0.15, 0.2) is 0 Å². The Morgan fingerprint density at radius 1 is 0.889 bits per heavy atom. The van der Waals surface area contributed by atoms with Crippen molar-refractivity contribution >= 4 is 0 Å². The van der Waals surface area contributed by atoms with Gasteiger partial charge in [-0.2, -0.15) is 13.2 Å². The van der Waals surface area contributed by atoms with Gasteiger partial charge in [-0.1, -0.05) is 12.1 Å². The third kappa shape index (κ3) is 2.58. The molecule has 0 fully saturated rings. The molecule has 0 amide bonds. The van der Waals surface area contributed by atoms with E-state index in [0.717, 1.165) is 29.1 Å². The molecule has 0 spiro atoms. The average molecular weight is 253 g/mol. The molecule has 0 saturated heterocycles. The topological polar surface area (TPSA) is 4.93 Å². The Morgan fingerprint density at radius 2 is 1.39 bits per heavy atom. The van der Waals surface area contributed by atoms with Crippen molar-refractivity contribution in [1.82, 2.24) is 4.57 Å². The minimum atomic E-state index is -4.27. The van der Waals surface area contributed by atoms with Crippen molar-refractivity contribution in [2.75, 3.05) is 0 Å². The van der Waals surface area contributed by atoms with Gasteiger partial charge in [-0.05, 0) is 43.7 Å². The predicted molar refractivity (Wildman–Crippen MR) is 64.5 cm³/mol. The van der Waals surface area contributed by atoms with E-state index in [9.17, 15) is 13.2 Å². The molecule has 4 heteroatoms. The summed E-state index contributed by atoms with van der Waals surface area (Å²) >= 11 is 0. The number of nitrogens with zero attached hydrogens (tertiary/aromatic N) is 1. The Kier molecular flexibility index (Phi) is 3.20. The van der Waals surface area contributed by atoms with Crippen LogP contribution in [0.5, 0.6) is 0 Å². The molecule has 2 rings (SSSR count). The Balaban J connectivity index is 2.21. The third-order valence-electron chi connectivity index (χ3n) is 3.04. The number of aromatic nitrogens is 1. The molecule has 0 N–H and O–H groups in total. The highest BCUT2D eigenvalue weighted by atomic mass is 19.4. The van der Waals surface area contributed by atoms with E-state index >= 15 is 0 Å². The molecule has 18 heavy (non-hydrogen) atoms. The first-order valence-corrected chi connectivity index (χ1v) is 5.67. The van der Waals surface area contributed by atoms with Gasteiger partial charge in [-0.15, -0.1) is 0 Å². The van der Waals surface area contributed by atoms with E-state index in [1.807, 2.05) is 26.0 Å². The molecule has 0 atom stereocenters. The first-order chi connectivity index (χ1) is 8.38. The van der Waals surface area contributed by atoms with Crippen molar-refractivity contribution in [2.24, 2.45) is 0 Å². The largest absolute Gasteiger partial charge is 0.416 e. The summed E-state index contributed by atoms with van der Waals surface area (Å²) in [5.74, 6) is 0. The fourth-order valence-electron chi connectivity index (χ4n) is 1.93. The van der Waals surface area contributed by atoms with Crippen molar-refractivity contribution in [1.29, 1.82) is 0 Å². The number of rotatable bonds is 2. The van der Waals surface area contributed by atoms with Crippen molar-refractivity contribution in [3.8, 4) is 0 Å². The molecular weight excluding hydrogens is 239 g/mol. The van der Waals surface area contributed by atoms with Crippen LogP contribution in [0.2, 0.25) is 0 Å². The lowest BCUT2D eigenvalue weighted by Gasteiger charge is -2.11. The molecule has 0 aliphatic rings. The zero-order valence-electron chi connectivity index (χ0n) is 10.3. The molecule has 0 aliphatic heterocycles. The first-order valence-electron chi connectivity index (χ1n) is 5.67. The van der Waals surface area contributed by atoms with Crippen LogP contribution in [0.15, 0.2) is 36.4 Å². The minimum absolute atomic E-state index is 0.600. The van der Waals surface area contributed by atoms with Crippen LogP contribution >= 0.6 is 0 Å². The first kappa shape index (κ1) is 12.7. The van der Waals surface area contributed by atoms with Crippen molar-refractivity contribution in [3.05, 3.63) is 58.9 Å². The van der Waals surface area contributed by atoms with Crippen LogP contribution in [0.1, 0.15) is 22.5 Å². The summed E-state index contributed by atoms with van der Waals surface area (Å²) < 4.78 is 39.3. The highest BCUT2D eigenvalue weighted by molar-refractivity contribution is 5.26. The normalized spacial score (nSPS) is 11.8. The molecule has 0 bridgehead atoms. The van der Waals surface area contributed by atoms with Gasteiger partial charge >= 0.3 is 6.18 Å². The van der Waals surface area contributed by atoms with E-state index in [2.05, 4.69) is 4.57 Å². The van der Waals surface area contributed by atoms with Gasteiger partial charge in [0.2, 0.25) is 0 Å². The van der Waals surface area contributed by atoms with Crippen molar-refractivity contribution in [3.63, 3.8) is 0 Å². The maximum atomic E-state index is 12.4. The van der Waals surface area contributed by atoms with Gasteiger partial charge in [0.05, 0.1) is 5.56 Å². The third-order valence-corrected chi connectivity index (χ3v) is 3.04. The molecule has 0 unspecified atom stereocenters. The molecule has 0 aliphatic carbocycles. The van der Waals surface area contributed by atoms with Crippen LogP contribution in [0.3, 0.4) is 0 Å². The summed E-state index contributed by atoms with van der Waals surface area (Å²) in [6.45, 7) is 4.57. The number of hydrogen-bond donors (Lipinski definition) is 0. The van der Waals surface area contributed by atoms with Gasteiger partial charge in [-0.25, -0.2) is 0 Å². The number of halogens is 3. The standard InChI is InChI=1S/C14H14F3N/c1-10-3-4-11(2)18(10)9-12-5-7-13(8-6-12)14(15,16)17/h3-8H,9H2,1-2H3. The number of benzene rings is 1. The lowest BCUT2D eigenvalue weighted by Crippen LogP contribution is -2.06. The van der Waals surface area contributed by atoms with E-state index in [-0.39, 0.29) is 0 Å².